The molecule has 0 bridgehead atoms. The number of carbonyl (C=O) groups excluding carboxylic acids is 1. The summed E-state index contributed by atoms with van der Waals surface area (Å²) in [5, 5.41) is 0. The van der Waals surface area contributed by atoms with E-state index in [9.17, 15) is 4.79 Å². The number of hydrogen-bond donors (Lipinski definition) is 0. The molecule has 0 radical (unpaired) electrons. The first kappa shape index (κ1) is 21.9. The third kappa shape index (κ3) is 6.10. The van der Waals surface area contributed by atoms with Crippen LogP contribution in [-0.4, -0.2) is 67.9 Å². The summed E-state index contributed by atoms with van der Waals surface area (Å²) < 4.78 is 16.5. The van der Waals surface area contributed by atoms with E-state index in [-0.39, 0.29) is 11.5 Å². The number of pyridine rings is 1. The smallest absolute Gasteiger partial charge is 0.255 e. The third-order valence-electron chi connectivity index (χ3n) is 4.84. The second-order valence-electron chi connectivity index (χ2n) is 8.18. The van der Waals surface area contributed by atoms with Gasteiger partial charge < -0.3 is 24.0 Å². The molecule has 2 aromatic rings. The minimum absolute atomic E-state index is 0.00425. The van der Waals surface area contributed by atoms with Crippen LogP contribution >= 0.6 is 0 Å². The normalized spacial score (nSPS) is 14.5. The Bertz CT molecular complexity index is 825. The zero-order valence-electron chi connectivity index (χ0n) is 18.3. The molecule has 0 aliphatic carbocycles. The van der Waals surface area contributed by atoms with Gasteiger partial charge in [-0.1, -0.05) is 6.07 Å². The van der Waals surface area contributed by atoms with Crippen LogP contribution in [0.5, 0.6) is 11.6 Å². The largest absolute Gasteiger partial charge is 0.497 e. The highest BCUT2D eigenvalue weighted by Crippen LogP contribution is 2.22. The van der Waals surface area contributed by atoms with E-state index in [0.29, 0.717) is 37.7 Å². The lowest BCUT2D eigenvalue weighted by molar-refractivity contribution is -0.0168. The van der Waals surface area contributed by atoms with Gasteiger partial charge in [0.2, 0.25) is 5.88 Å². The topological polar surface area (TPSA) is 64.1 Å². The fourth-order valence-corrected chi connectivity index (χ4v) is 3.24. The summed E-state index contributed by atoms with van der Waals surface area (Å²) >= 11 is 0. The van der Waals surface area contributed by atoms with Gasteiger partial charge in [-0.25, -0.2) is 4.98 Å². The molecule has 0 unspecified atom stereocenters. The van der Waals surface area contributed by atoms with Crippen LogP contribution in [0.25, 0.3) is 0 Å². The molecule has 0 saturated carbocycles. The lowest BCUT2D eigenvalue weighted by atomic mass is 10.2. The number of rotatable bonds is 7. The van der Waals surface area contributed by atoms with Crippen molar-refractivity contribution in [1.82, 2.24) is 9.88 Å². The first-order chi connectivity index (χ1) is 14.4. The number of piperazine rings is 1. The van der Waals surface area contributed by atoms with Crippen molar-refractivity contribution in [3.8, 4) is 11.6 Å². The minimum atomic E-state index is -0.191. The second kappa shape index (κ2) is 9.80. The van der Waals surface area contributed by atoms with Gasteiger partial charge in [0.05, 0.1) is 24.9 Å². The van der Waals surface area contributed by atoms with E-state index < -0.39 is 0 Å². The van der Waals surface area contributed by atoms with Gasteiger partial charge in [-0.05, 0) is 39.0 Å². The number of carbonyl (C=O) groups is 1. The molecular formula is C23H31N3O4. The van der Waals surface area contributed by atoms with Crippen molar-refractivity contribution < 1.29 is 19.0 Å². The quantitative estimate of drug-likeness (QED) is 0.650. The Balaban J connectivity index is 1.48. The van der Waals surface area contributed by atoms with Crippen molar-refractivity contribution in [3.05, 3.63) is 48.2 Å². The number of nitrogens with zero attached hydrogens (tertiary/aromatic N) is 3. The molecule has 1 aromatic carbocycles. The van der Waals surface area contributed by atoms with Crippen LogP contribution in [-0.2, 0) is 4.74 Å². The molecule has 1 fully saturated rings. The first-order valence-electron chi connectivity index (χ1n) is 10.3. The average molecular weight is 414 g/mol. The summed E-state index contributed by atoms with van der Waals surface area (Å²) in [6.07, 6.45) is 1.58. The Labute approximate surface area is 178 Å². The van der Waals surface area contributed by atoms with Gasteiger partial charge in [0.25, 0.3) is 5.91 Å². The molecule has 1 aromatic heterocycles. The maximum Gasteiger partial charge on any atom is 0.255 e. The summed E-state index contributed by atoms with van der Waals surface area (Å²) in [4.78, 5) is 21.2. The van der Waals surface area contributed by atoms with Gasteiger partial charge in [-0.15, -0.1) is 0 Å². The standard InChI is InChI=1S/C23H31N3O4/c1-23(2,3)30-15-14-29-21-9-8-18(17-24-21)22(27)26-12-10-25(11-13-26)19-6-5-7-20(16-19)28-4/h5-9,16-17H,10-15H2,1-4H3. The SMILES string of the molecule is COc1cccc(N2CCN(C(=O)c3ccc(OCCOC(C)(C)C)nc3)CC2)c1. The van der Waals surface area contributed by atoms with Gasteiger partial charge in [0.1, 0.15) is 12.4 Å². The van der Waals surface area contributed by atoms with Crippen LogP contribution in [0.3, 0.4) is 0 Å². The van der Waals surface area contributed by atoms with E-state index in [0.717, 1.165) is 24.5 Å². The van der Waals surface area contributed by atoms with Crippen molar-refractivity contribution in [2.45, 2.75) is 26.4 Å². The zero-order chi connectivity index (χ0) is 21.6. The summed E-state index contributed by atoms with van der Waals surface area (Å²) in [5.41, 5.74) is 1.49. The number of anilines is 1. The van der Waals surface area contributed by atoms with Crippen LogP contribution in [0.4, 0.5) is 5.69 Å². The number of aromatic nitrogens is 1. The predicted molar refractivity (Wildman–Crippen MR) is 117 cm³/mol. The highest BCUT2D eigenvalue weighted by atomic mass is 16.5. The summed E-state index contributed by atoms with van der Waals surface area (Å²) in [7, 11) is 1.67. The highest BCUT2D eigenvalue weighted by molar-refractivity contribution is 5.94. The van der Waals surface area contributed by atoms with Crippen molar-refractivity contribution in [1.29, 1.82) is 0 Å². The van der Waals surface area contributed by atoms with Gasteiger partial charge in [0.15, 0.2) is 0 Å². The van der Waals surface area contributed by atoms with E-state index in [4.69, 9.17) is 14.2 Å². The number of amides is 1. The number of hydrogen-bond acceptors (Lipinski definition) is 6. The van der Waals surface area contributed by atoms with Crippen molar-refractivity contribution >= 4 is 11.6 Å². The van der Waals surface area contributed by atoms with E-state index in [1.807, 2.05) is 43.9 Å². The van der Waals surface area contributed by atoms with Crippen LogP contribution < -0.4 is 14.4 Å². The summed E-state index contributed by atoms with van der Waals surface area (Å²) in [6, 6.07) is 11.5. The molecule has 3 rings (SSSR count). The molecule has 1 aliphatic heterocycles. The molecule has 7 heteroatoms. The first-order valence-corrected chi connectivity index (χ1v) is 10.3. The predicted octanol–water partition coefficient (Wildman–Crippen LogP) is 3.25. The van der Waals surface area contributed by atoms with Gasteiger partial charge in [-0.3, -0.25) is 4.79 Å². The van der Waals surface area contributed by atoms with E-state index in [1.165, 1.54) is 0 Å². The molecule has 30 heavy (non-hydrogen) atoms. The van der Waals surface area contributed by atoms with Gasteiger partial charge in [-0.2, -0.15) is 0 Å². The van der Waals surface area contributed by atoms with Crippen LogP contribution in [0, 0.1) is 0 Å². The van der Waals surface area contributed by atoms with Crippen LogP contribution in [0.1, 0.15) is 31.1 Å². The highest BCUT2D eigenvalue weighted by Gasteiger charge is 2.23. The van der Waals surface area contributed by atoms with Gasteiger partial charge >= 0.3 is 0 Å². The number of ether oxygens (including phenoxy) is 3. The maximum atomic E-state index is 12.8. The van der Waals surface area contributed by atoms with Crippen LogP contribution in [0.15, 0.2) is 42.6 Å². The number of methoxy groups -OCH3 is 1. The Kier molecular flexibility index (Phi) is 7.15. The van der Waals surface area contributed by atoms with Crippen molar-refractivity contribution in [2.75, 3.05) is 51.4 Å². The number of benzene rings is 1. The monoisotopic (exact) mass is 413 g/mol. The third-order valence-corrected chi connectivity index (χ3v) is 4.84. The molecule has 0 N–H and O–H groups in total. The molecule has 2 heterocycles. The molecular weight excluding hydrogens is 382 g/mol. The van der Waals surface area contributed by atoms with E-state index >= 15 is 0 Å². The van der Waals surface area contributed by atoms with E-state index in [1.54, 1.807) is 25.4 Å². The fourth-order valence-electron chi connectivity index (χ4n) is 3.24. The average Bonchev–Trinajstić information content (AvgIpc) is 2.76. The molecule has 1 saturated heterocycles. The summed E-state index contributed by atoms with van der Waals surface area (Å²) in [5.74, 6) is 1.33. The maximum absolute atomic E-state index is 12.8. The molecule has 0 atom stereocenters. The van der Waals surface area contributed by atoms with Crippen molar-refractivity contribution in [3.63, 3.8) is 0 Å². The summed E-state index contributed by atoms with van der Waals surface area (Å²) in [6.45, 7) is 9.80. The molecule has 7 nitrogen and oxygen atoms in total. The molecule has 162 valence electrons. The second-order valence-corrected chi connectivity index (χ2v) is 8.18. The minimum Gasteiger partial charge on any atom is -0.497 e. The van der Waals surface area contributed by atoms with E-state index in [2.05, 4.69) is 16.0 Å². The Morgan fingerprint density at radius 1 is 1.07 bits per heavy atom. The molecule has 0 spiro atoms. The van der Waals surface area contributed by atoms with Gasteiger partial charge in [0, 0.05) is 50.2 Å². The Morgan fingerprint density at radius 2 is 1.83 bits per heavy atom. The van der Waals surface area contributed by atoms with Crippen LogP contribution in [0.2, 0.25) is 0 Å². The Morgan fingerprint density at radius 3 is 2.47 bits per heavy atom. The molecule has 1 amide bonds. The lowest BCUT2D eigenvalue weighted by Gasteiger charge is -2.36. The lowest BCUT2D eigenvalue weighted by Crippen LogP contribution is -2.48. The fraction of sp³-hybridized carbons (Fsp3) is 0.478. The Hall–Kier alpha value is -2.80. The van der Waals surface area contributed by atoms with Crippen molar-refractivity contribution in [2.24, 2.45) is 0 Å². The molecule has 1 aliphatic rings. The zero-order valence-corrected chi connectivity index (χ0v) is 18.3.